The van der Waals surface area contributed by atoms with Crippen LogP contribution in [0.5, 0.6) is 5.75 Å². The van der Waals surface area contributed by atoms with E-state index in [9.17, 15) is 9.59 Å². The molecule has 2 heterocycles. The van der Waals surface area contributed by atoms with Crippen molar-refractivity contribution < 1.29 is 9.53 Å². The van der Waals surface area contributed by atoms with Gasteiger partial charge in [0.25, 0.3) is 0 Å². The summed E-state index contributed by atoms with van der Waals surface area (Å²) < 4.78 is 6.98. The van der Waals surface area contributed by atoms with Crippen LogP contribution in [0.4, 0.5) is 0 Å². The van der Waals surface area contributed by atoms with Crippen molar-refractivity contribution in [1.82, 2.24) is 14.8 Å². The molecule has 0 radical (unpaired) electrons. The molecule has 0 saturated heterocycles. The van der Waals surface area contributed by atoms with Crippen LogP contribution in [-0.2, 0) is 30.8 Å². The van der Waals surface area contributed by atoms with Crippen LogP contribution in [0.1, 0.15) is 30.7 Å². The highest BCUT2D eigenvalue weighted by Crippen LogP contribution is 2.20. The first-order valence-corrected chi connectivity index (χ1v) is 9.32. The molecule has 0 saturated carbocycles. The Labute approximate surface area is 159 Å². The Morgan fingerprint density at radius 2 is 2.00 bits per heavy atom. The van der Waals surface area contributed by atoms with Gasteiger partial charge in [0.2, 0.25) is 11.3 Å². The molecule has 0 bridgehead atoms. The lowest BCUT2D eigenvalue weighted by atomic mass is 10.00. The predicted octanol–water partition coefficient (Wildman–Crippen LogP) is 1.94. The highest BCUT2D eigenvalue weighted by molar-refractivity contribution is 5.76. The van der Waals surface area contributed by atoms with Crippen LogP contribution in [0.2, 0.25) is 0 Å². The quantitative estimate of drug-likeness (QED) is 0.845. The van der Waals surface area contributed by atoms with Crippen LogP contribution in [0.25, 0.3) is 0 Å². The van der Waals surface area contributed by atoms with Gasteiger partial charge in [-0.1, -0.05) is 24.3 Å². The second kappa shape index (κ2) is 8.39. The molecule has 2 aromatic rings. The third-order valence-electron chi connectivity index (χ3n) is 4.76. The van der Waals surface area contributed by atoms with E-state index in [1.165, 1.54) is 18.2 Å². The third-order valence-corrected chi connectivity index (χ3v) is 4.76. The van der Waals surface area contributed by atoms with E-state index in [4.69, 9.17) is 4.74 Å². The predicted molar refractivity (Wildman–Crippen MR) is 105 cm³/mol. The number of methoxy groups -OCH3 is 1. The number of rotatable bonds is 6. The van der Waals surface area contributed by atoms with E-state index >= 15 is 0 Å². The summed E-state index contributed by atoms with van der Waals surface area (Å²) in [5.74, 6) is 0.168. The van der Waals surface area contributed by atoms with Crippen molar-refractivity contribution in [3.8, 4) is 5.75 Å². The SMILES string of the molecule is COc1cn(CC(=O)NC(C)C)c(CN2CCc3ccccc3C2)cc1=O. The Balaban J connectivity index is 1.82. The smallest absolute Gasteiger partial charge is 0.240 e. The molecule has 1 N–H and O–H groups in total. The van der Waals surface area contributed by atoms with Gasteiger partial charge in [-0.3, -0.25) is 14.5 Å². The fourth-order valence-corrected chi connectivity index (χ4v) is 3.47. The van der Waals surface area contributed by atoms with Gasteiger partial charge in [0.15, 0.2) is 5.75 Å². The molecule has 1 aromatic carbocycles. The second-order valence-electron chi connectivity index (χ2n) is 7.28. The van der Waals surface area contributed by atoms with E-state index in [1.54, 1.807) is 12.3 Å². The highest BCUT2D eigenvalue weighted by atomic mass is 16.5. The molecule has 0 spiro atoms. The maximum Gasteiger partial charge on any atom is 0.240 e. The maximum absolute atomic E-state index is 12.3. The number of hydrogen-bond donors (Lipinski definition) is 1. The minimum Gasteiger partial charge on any atom is -0.491 e. The minimum absolute atomic E-state index is 0.0702. The van der Waals surface area contributed by atoms with Gasteiger partial charge in [-0.25, -0.2) is 0 Å². The first-order valence-electron chi connectivity index (χ1n) is 9.32. The van der Waals surface area contributed by atoms with Crippen molar-refractivity contribution in [1.29, 1.82) is 0 Å². The molecule has 3 rings (SSSR count). The average Bonchev–Trinajstić information content (AvgIpc) is 2.63. The lowest BCUT2D eigenvalue weighted by Crippen LogP contribution is -2.35. The molecule has 6 heteroatoms. The molecule has 0 atom stereocenters. The number of carbonyl (C=O) groups is 1. The number of hydrogen-bond acceptors (Lipinski definition) is 4. The van der Waals surface area contributed by atoms with Crippen LogP contribution in [0, 0.1) is 0 Å². The van der Waals surface area contributed by atoms with Crippen LogP contribution < -0.4 is 15.5 Å². The Morgan fingerprint density at radius 3 is 2.70 bits per heavy atom. The number of carbonyl (C=O) groups excluding carboxylic acids is 1. The van der Waals surface area contributed by atoms with Crippen molar-refractivity contribution in [3.63, 3.8) is 0 Å². The zero-order valence-corrected chi connectivity index (χ0v) is 16.2. The molecule has 0 unspecified atom stereocenters. The maximum atomic E-state index is 12.3. The van der Waals surface area contributed by atoms with E-state index in [0.29, 0.717) is 6.54 Å². The fraction of sp³-hybridized carbons (Fsp3) is 0.429. The van der Waals surface area contributed by atoms with Gasteiger partial charge < -0.3 is 14.6 Å². The number of fused-ring (bicyclic) bond motifs is 1. The third kappa shape index (κ3) is 4.77. The Bertz CT molecular complexity index is 873. The molecule has 1 aromatic heterocycles. The second-order valence-corrected chi connectivity index (χ2v) is 7.28. The number of nitrogens with one attached hydrogen (secondary N) is 1. The molecule has 1 aliphatic rings. The lowest BCUT2D eigenvalue weighted by Gasteiger charge is -2.29. The molecular weight excluding hydrogens is 342 g/mol. The van der Waals surface area contributed by atoms with Gasteiger partial charge in [0.05, 0.1) is 13.3 Å². The number of pyridine rings is 1. The standard InChI is InChI=1S/C21H27N3O3/c1-15(2)22-21(26)14-24-13-20(27-3)19(25)10-18(24)12-23-9-8-16-6-4-5-7-17(16)11-23/h4-7,10,13,15H,8-9,11-12,14H2,1-3H3,(H,22,26). The van der Waals surface area contributed by atoms with Crippen LogP contribution in [0.15, 0.2) is 41.3 Å². The zero-order chi connectivity index (χ0) is 19.4. The van der Waals surface area contributed by atoms with E-state index in [0.717, 1.165) is 25.2 Å². The Morgan fingerprint density at radius 1 is 1.26 bits per heavy atom. The van der Waals surface area contributed by atoms with E-state index in [-0.39, 0.29) is 29.7 Å². The first kappa shape index (κ1) is 19.2. The van der Waals surface area contributed by atoms with Crippen molar-refractivity contribution in [2.45, 2.75) is 45.9 Å². The zero-order valence-electron chi connectivity index (χ0n) is 16.2. The number of aromatic nitrogens is 1. The highest BCUT2D eigenvalue weighted by Gasteiger charge is 2.18. The average molecular weight is 369 g/mol. The fourth-order valence-electron chi connectivity index (χ4n) is 3.47. The van der Waals surface area contributed by atoms with Crippen molar-refractivity contribution in [2.24, 2.45) is 0 Å². The summed E-state index contributed by atoms with van der Waals surface area (Å²) in [7, 11) is 1.47. The van der Waals surface area contributed by atoms with Gasteiger partial charge in [-0.2, -0.15) is 0 Å². The Kier molecular flexibility index (Phi) is 5.96. The van der Waals surface area contributed by atoms with E-state index in [1.807, 2.05) is 18.4 Å². The van der Waals surface area contributed by atoms with Crippen molar-refractivity contribution in [2.75, 3.05) is 13.7 Å². The van der Waals surface area contributed by atoms with Gasteiger partial charge in [-0.15, -0.1) is 0 Å². The first-order chi connectivity index (χ1) is 13.0. The lowest BCUT2D eigenvalue weighted by molar-refractivity contribution is -0.122. The summed E-state index contributed by atoms with van der Waals surface area (Å²) in [4.78, 5) is 26.8. The van der Waals surface area contributed by atoms with Gasteiger partial charge in [-0.05, 0) is 31.4 Å². The molecule has 1 aliphatic heterocycles. The molecule has 0 fully saturated rings. The van der Waals surface area contributed by atoms with Crippen molar-refractivity contribution >= 4 is 5.91 Å². The summed E-state index contributed by atoms with van der Waals surface area (Å²) in [6, 6.07) is 10.1. The van der Waals surface area contributed by atoms with E-state index < -0.39 is 0 Å². The molecule has 144 valence electrons. The normalized spacial score (nSPS) is 14.1. The topological polar surface area (TPSA) is 63.6 Å². The van der Waals surface area contributed by atoms with Crippen LogP contribution in [0.3, 0.4) is 0 Å². The van der Waals surface area contributed by atoms with E-state index in [2.05, 4.69) is 34.5 Å². The van der Waals surface area contributed by atoms with Gasteiger partial charge in [0, 0.05) is 37.4 Å². The van der Waals surface area contributed by atoms with Crippen molar-refractivity contribution in [3.05, 3.63) is 63.6 Å². The van der Waals surface area contributed by atoms with Crippen LogP contribution >= 0.6 is 0 Å². The minimum atomic E-state index is -0.162. The molecule has 1 amide bonds. The summed E-state index contributed by atoms with van der Waals surface area (Å²) in [6.45, 7) is 6.40. The number of nitrogens with zero attached hydrogens (tertiary/aromatic N) is 2. The van der Waals surface area contributed by atoms with Gasteiger partial charge >= 0.3 is 0 Å². The number of amides is 1. The summed E-state index contributed by atoms with van der Waals surface area (Å²) in [5, 5.41) is 2.89. The number of ether oxygens (including phenoxy) is 1. The molecule has 27 heavy (non-hydrogen) atoms. The molecule has 0 aliphatic carbocycles. The monoisotopic (exact) mass is 369 g/mol. The van der Waals surface area contributed by atoms with Gasteiger partial charge in [0.1, 0.15) is 6.54 Å². The largest absolute Gasteiger partial charge is 0.491 e. The van der Waals surface area contributed by atoms with Crippen LogP contribution in [-0.4, -0.2) is 35.1 Å². The number of benzene rings is 1. The summed E-state index contributed by atoms with van der Waals surface area (Å²) in [5.41, 5.74) is 3.37. The molecule has 6 nitrogen and oxygen atoms in total. The molecular formula is C21H27N3O3. The Hall–Kier alpha value is -2.60. The summed E-state index contributed by atoms with van der Waals surface area (Å²) in [6.07, 6.45) is 2.62. The summed E-state index contributed by atoms with van der Waals surface area (Å²) >= 11 is 0.